The molecule has 2 amide bonds. The first-order chi connectivity index (χ1) is 9.10. The van der Waals surface area contributed by atoms with Gasteiger partial charge in [0.1, 0.15) is 0 Å². The molecule has 5 heteroatoms. The Bertz CT molecular complexity index is 516. The van der Waals surface area contributed by atoms with E-state index in [9.17, 15) is 4.79 Å². The van der Waals surface area contributed by atoms with E-state index in [0.717, 1.165) is 25.9 Å². The summed E-state index contributed by atoms with van der Waals surface area (Å²) in [7, 11) is 0. The zero-order valence-corrected chi connectivity index (χ0v) is 11.6. The summed E-state index contributed by atoms with van der Waals surface area (Å²) in [5.41, 5.74) is 1.03. The molecule has 0 aromatic heterocycles. The molecule has 1 aromatic rings. The molecule has 0 bridgehead atoms. The van der Waals surface area contributed by atoms with Crippen LogP contribution in [0.1, 0.15) is 25.3 Å². The molecule has 19 heavy (non-hydrogen) atoms. The Morgan fingerprint density at radius 3 is 2.74 bits per heavy atom. The zero-order chi connectivity index (χ0) is 13.8. The Hall–Kier alpha value is -1.73. The third-order valence-electron chi connectivity index (χ3n) is 3.41. The number of rotatable bonds is 1. The number of hydrogen-bond donors (Lipinski definition) is 1. The Morgan fingerprint density at radius 1 is 1.47 bits per heavy atom. The van der Waals surface area contributed by atoms with E-state index in [4.69, 9.17) is 16.9 Å². The molecule has 1 aromatic carbocycles. The first-order valence-electron chi connectivity index (χ1n) is 6.35. The monoisotopic (exact) mass is 277 g/mol. The number of carbonyl (C=O) groups excluding carboxylic acids is 1. The van der Waals surface area contributed by atoms with E-state index in [1.807, 2.05) is 6.07 Å². The van der Waals surface area contributed by atoms with E-state index in [-0.39, 0.29) is 6.03 Å². The second-order valence-corrected chi connectivity index (χ2v) is 5.31. The van der Waals surface area contributed by atoms with E-state index in [0.29, 0.717) is 22.2 Å². The van der Waals surface area contributed by atoms with Gasteiger partial charge in [0.2, 0.25) is 0 Å². The molecule has 1 heterocycles. The van der Waals surface area contributed by atoms with E-state index in [2.05, 4.69) is 12.2 Å². The molecule has 100 valence electrons. The predicted octanol–water partition coefficient (Wildman–Crippen LogP) is 3.48. The van der Waals surface area contributed by atoms with Crippen LogP contribution in [0.25, 0.3) is 0 Å². The molecule has 0 aliphatic carbocycles. The molecule has 1 saturated heterocycles. The lowest BCUT2D eigenvalue weighted by Crippen LogP contribution is -2.40. The highest BCUT2D eigenvalue weighted by molar-refractivity contribution is 6.33. The summed E-state index contributed by atoms with van der Waals surface area (Å²) in [5.74, 6) is 0.683. The average molecular weight is 278 g/mol. The number of urea groups is 1. The van der Waals surface area contributed by atoms with Crippen LogP contribution >= 0.6 is 11.6 Å². The van der Waals surface area contributed by atoms with Crippen molar-refractivity contribution in [1.29, 1.82) is 5.26 Å². The van der Waals surface area contributed by atoms with Crippen LogP contribution in [0.3, 0.4) is 0 Å². The third-order valence-corrected chi connectivity index (χ3v) is 3.72. The number of halogens is 1. The molecule has 0 unspecified atom stereocenters. The fourth-order valence-electron chi connectivity index (χ4n) is 2.09. The van der Waals surface area contributed by atoms with Crippen LogP contribution in [0.2, 0.25) is 5.02 Å². The van der Waals surface area contributed by atoms with E-state index in [1.165, 1.54) is 0 Å². The predicted molar refractivity (Wildman–Crippen MR) is 75.2 cm³/mol. The topological polar surface area (TPSA) is 56.1 Å². The number of amides is 2. The Balaban J connectivity index is 2.01. The number of hydrogen-bond acceptors (Lipinski definition) is 2. The van der Waals surface area contributed by atoms with Crippen LogP contribution < -0.4 is 5.32 Å². The van der Waals surface area contributed by atoms with Crippen LogP contribution in [0.4, 0.5) is 10.5 Å². The van der Waals surface area contributed by atoms with Crippen LogP contribution in [-0.4, -0.2) is 24.0 Å². The largest absolute Gasteiger partial charge is 0.325 e. The van der Waals surface area contributed by atoms with Gasteiger partial charge in [-0.15, -0.1) is 0 Å². The molecule has 1 fully saturated rings. The van der Waals surface area contributed by atoms with E-state index in [1.54, 1.807) is 23.1 Å². The van der Waals surface area contributed by atoms with Crippen molar-refractivity contribution < 1.29 is 4.79 Å². The number of anilines is 1. The van der Waals surface area contributed by atoms with Crippen LogP contribution in [0.5, 0.6) is 0 Å². The minimum absolute atomic E-state index is 0.126. The highest BCUT2D eigenvalue weighted by Gasteiger charge is 2.20. The maximum absolute atomic E-state index is 12.1. The molecule has 1 aliphatic rings. The van der Waals surface area contributed by atoms with Crippen molar-refractivity contribution in [3.05, 3.63) is 28.8 Å². The number of nitrogens with one attached hydrogen (secondary N) is 1. The molecule has 1 aliphatic heterocycles. The maximum atomic E-state index is 12.1. The van der Waals surface area contributed by atoms with Gasteiger partial charge in [-0.05, 0) is 37.0 Å². The molecule has 0 saturated carbocycles. The summed E-state index contributed by atoms with van der Waals surface area (Å²) in [5, 5.41) is 11.9. The van der Waals surface area contributed by atoms with Crippen LogP contribution in [-0.2, 0) is 0 Å². The normalized spacial score (nSPS) is 15.9. The van der Waals surface area contributed by atoms with Gasteiger partial charge < -0.3 is 10.2 Å². The molecule has 1 N–H and O–H groups in total. The second kappa shape index (κ2) is 5.94. The van der Waals surface area contributed by atoms with Gasteiger partial charge in [-0.2, -0.15) is 5.26 Å². The van der Waals surface area contributed by atoms with Gasteiger partial charge in [0, 0.05) is 13.1 Å². The molecule has 0 spiro atoms. The van der Waals surface area contributed by atoms with Gasteiger partial charge in [0.15, 0.2) is 0 Å². The maximum Gasteiger partial charge on any atom is 0.321 e. The summed E-state index contributed by atoms with van der Waals surface area (Å²) in [4.78, 5) is 13.9. The van der Waals surface area contributed by atoms with Gasteiger partial charge in [0.05, 0.1) is 22.3 Å². The molecule has 2 rings (SSSR count). The van der Waals surface area contributed by atoms with Crippen LogP contribution in [0.15, 0.2) is 18.2 Å². The van der Waals surface area contributed by atoms with Crippen molar-refractivity contribution in [2.45, 2.75) is 19.8 Å². The number of benzene rings is 1. The SMILES string of the molecule is CC1CCN(C(=O)Nc2ccc(C#N)cc2Cl)CC1. The van der Waals surface area contributed by atoms with Crippen LogP contribution in [0, 0.1) is 17.2 Å². The van der Waals surface area contributed by atoms with Crippen molar-refractivity contribution in [2.75, 3.05) is 18.4 Å². The Kier molecular flexibility index (Phi) is 4.28. The fourth-order valence-corrected chi connectivity index (χ4v) is 2.32. The quantitative estimate of drug-likeness (QED) is 0.854. The zero-order valence-electron chi connectivity index (χ0n) is 10.8. The lowest BCUT2D eigenvalue weighted by atomic mass is 10.00. The number of piperidine rings is 1. The molecular formula is C14H16ClN3O. The lowest BCUT2D eigenvalue weighted by molar-refractivity contribution is 0.186. The van der Waals surface area contributed by atoms with Gasteiger partial charge in [-0.25, -0.2) is 4.79 Å². The minimum Gasteiger partial charge on any atom is -0.325 e. The first kappa shape index (κ1) is 13.7. The minimum atomic E-state index is -0.126. The fraction of sp³-hybridized carbons (Fsp3) is 0.429. The van der Waals surface area contributed by atoms with Gasteiger partial charge in [0.25, 0.3) is 0 Å². The van der Waals surface area contributed by atoms with Crippen molar-refractivity contribution in [2.24, 2.45) is 5.92 Å². The standard InChI is InChI=1S/C14H16ClN3O/c1-10-4-6-18(7-5-10)14(19)17-13-3-2-11(9-16)8-12(13)15/h2-3,8,10H,4-7H2,1H3,(H,17,19). The van der Waals surface area contributed by atoms with Crippen molar-refractivity contribution in [3.63, 3.8) is 0 Å². The summed E-state index contributed by atoms with van der Waals surface area (Å²) >= 11 is 6.03. The summed E-state index contributed by atoms with van der Waals surface area (Å²) in [6.07, 6.45) is 2.07. The van der Waals surface area contributed by atoms with E-state index >= 15 is 0 Å². The lowest BCUT2D eigenvalue weighted by Gasteiger charge is -2.30. The van der Waals surface area contributed by atoms with Gasteiger partial charge in [-0.1, -0.05) is 18.5 Å². The van der Waals surface area contributed by atoms with Gasteiger partial charge >= 0.3 is 6.03 Å². The first-order valence-corrected chi connectivity index (χ1v) is 6.73. The van der Waals surface area contributed by atoms with E-state index < -0.39 is 0 Å². The summed E-state index contributed by atoms with van der Waals surface area (Å²) in [6.45, 7) is 3.76. The molecule has 0 radical (unpaired) electrons. The molecule has 0 atom stereocenters. The third kappa shape index (κ3) is 3.39. The highest BCUT2D eigenvalue weighted by atomic mass is 35.5. The van der Waals surface area contributed by atoms with Crippen molar-refractivity contribution in [3.8, 4) is 6.07 Å². The number of likely N-dealkylation sites (tertiary alicyclic amines) is 1. The summed E-state index contributed by atoms with van der Waals surface area (Å²) in [6, 6.07) is 6.73. The summed E-state index contributed by atoms with van der Waals surface area (Å²) < 4.78 is 0. The van der Waals surface area contributed by atoms with Crippen molar-refractivity contribution >= 4 is 23.3 Å². The Morgan fingerprint density at radius 2 is 2.16 bits per heavy atom. The Labute approximate surface area is 118 Å². The van der Waals surface area contributed by atoms with Gasteiger partial charge in [-0.3, -0.25) is 0 Å². The highest BCUT2D eigenvalue weighted by Crippen LogP contribution is 2.24. The van der Waals surface area contributed by atoms with Crippen molar-refractivity contribution in [1.82, 2.24) is 4.90 Å². The molecular weight excluding hydrogens is 262 g/mol. The molecule has 4 nitrogen and oxygen atoms in total. The average Bonchev–Trinajstić information content (AvgIpc) is 2.41. The smallest absolute Gasteiger partial charge is 0.321 e. The number of nitrogens with zero attached hydrogens (tertiary/aromatic N) is 2. The number of carbonyl (C=O) groups is 1. The number of nitriles is 1. The second-order valence-electron chi connectivity index (χ2n) is 4.91.